The lowest BCUT2D eigenvalue weighted by Gasteiger charge is -2.29. The molecule has 1 aliphatic heterocycles. The molecular formula is C7H12O3. The average molecular weight is 144 g/mol. The third-order valence-electron chi connectivity index (χ3n) is 1.80. The highest BCUT2D eigenvalue weighted by atomic mass is 16.5. The van der Waals surface area contributed by atoms with Crippen molar-refractivity contribution in [3.05, 3.63) is 12.3 Å². The molecule has 0 saturated heterocycles. The van der Waals surface area contributed by atoms with Gasteiger partial charge < -0.3 is 14.9 Å². The van der Waals surface area contributed by atoms with Crippen molar-refractivity contribution < 1.29 is 14.9 Å². The van der Waals surface area contributed by atoms with E-state index in [1.54, 1.807) is 6.26 Å². The maximum atomic E-state index is 8.87. The number of rotatable bonds is 2. The number of allylic oxidation sites excluding steroid dienone is 1. The summed E-state index contributed by atoms with van der Waals surface area (Å²) >= 11 is 0. The summed E-state index contributed by atoms with van der Waals surface area (Å²) < 4.78 is 4.97. The van der Waals surface area contributed by atoms with E-state index in [1.807, 2.05) is 6.08 Å². The van der Waals surface area contributed by atoms with E-state index in [0.717, 1.165) is 0 Å². The van der Waals surface area contributed by atoms with Crippen LogP contribution in [0.3, 0.4) is 0 Å². The molecule has 10 heavy (non-hydrogen) atoms. The summed E-state index contributed by atoms with van der Waals surface area (Å²) in [6.07, 6.45) is 4.11. The van der Waals surface area contributed by atoms with Crippen molar-refractivity contribution in [2.75, 3.05) is 19.8 Å². The van der Waals surface area contributed by atoms with Gasteiger partial charge in [0.1, 0.15) is 0 Å². The molecule has 1 heterocycles. The van der Waals surface area contributed by atoms with Crippen molar-refractivity contribution in [3.63, 3.8) is 0 Å². The van der Waals surface area contributed by atoms with Crippen molar-refractivity contribution in [3.8, 4) is 0 Å². The normalized spacial score (nSPS) is 22.2. The summed E-state index contributed by atoms with van der Waals surface area (Å²) in [5.74, 6) is 0. The van der Waals surface area contributed by atoms with Crippen LogP contribution < -0.4 is 0 Å². The predicted molar refractivity (Wildman–Crippen MR) is 36.3 cm³/mol. The van der Waals surface area contributed by atoms with Gasteiger partial charge in [-0.25, -0.2) is 0 Å². The van der Waals surface area contributed by atoms with Gasteiger partial charge >= 0.3 is 0 Å². The molecule has 0 radical (unpaired) electrons. The molecule has 0 fully saturated rings. The lowest BCUT2D eigenvalue weighted by molar-refractivity contribution is -0.00798. The third-order valence-corrected chi connectivity index (χ3v) is 1.80. The van der Waals surface area contributed by atoms with E-state index in [2.05, 4.69) is 0 Å². The molecular weight excluding hydrogens is 132 g/mol. The highest BCUT2D eigenvalue weighted by molar-refractivity contribution is 4.92. The van der Waals surface area contributed by atoms with E-state index < -0.39 is 5.41 Å². The highest BCUT2D eigenvalue weighted by Gasteiger charge is 2.29. The minimum atomic E-state index is -0.436. The van der Waals surface area contributed by atoms with E-state index in [0.29, 0.717) is 13.0 Å². The molecule has 0 spiro atoms. The van der Waals surface area contributed by atoms with Gasteiger partial charge in [-0.05, 0) is 12.5 Å². The zero-order valence-corrected chi connectivity index (χ0v) is 5.79. The molecule has 3 nitrogen and oxygen atoms in total. The standard InChI is InChI=1S/C7H12O3/c8-4-7(5-9)2-1-3-10-6-7/h1,3,8-9H,2,4-6H2. The topological polar surface area (TPSA) is 49.7 Å². The molecule has 3 heteroatoms. The molecule has 0 aromatic rings. The first-order valence-electron chi connectivity index (χ1n) is 3.31. The van der Waals surface area contributed by atoms with E-state index >= 15 is 0 Å². The minimum absolute atomic E-state index is 0.0200. The van der Waals surface area contributed by atoms with Crippen LogP contribution in [0.5, 0.6) is 0 Å². The molecule has 0 aliphatic carbocycles. The number of hydrogen-bond acceptors (Lipinski definition) is 3. The first kappa shape index (κ1) is 7.57. The molecule has 0 aromatic heterocycles. The number of ether oxygens (including phenoxy) is 1. The molecule has 1 aliphatic rings. The second-order valence-corrected chi connectivity index (χ2v) is 2.70. The van der Waals surface area contributed by atoms with Gasteiger partial charge in [0.25, 0.3) is 0 Å². The van der Waals surface area contributed by atoms with Gasteiger partial charge in [0, 0.05) is 0 Å². The Hall–Kier alpha value is -0.540. The zero-order chi connectivity index (χ0) is 7.45. The van der Waals surface area contributed by atoms with Crippen LogP contribution in [0.15, 0.2) is 12.3 Å². The van der Waals surface area contributed by atoms with Crippen LogP contribution in [0.2, 0.25) is 0 Å². The summed E-state index contributed by atoms with van der Waals surface area (Å²) in [6, 6.07) is 0. The summed E-state index contributed by atoms with van der Waals surface area (Å²) in [4.78, 5) is 0. The van der Waals surface area contributed by atoms with Gasteiger partial charge in [0.05, 0.1) is 31.5 Å². The van der Waals surface area contributed by atoms with Crippen molar-refractivity contribution in [2.24, 2.45) is 5.41 Å². The molecule has 0 atom stereocenters. The Balaban J connectivity index is 2.55. The van der Waals surface area contributed by atoms with E-state index in [4.69, 9.17) is 14.9 Å². The first-order chi connectivity index (χ1) is 4.83. The minimum Gasteiger partial charge on any atom is -0.501 e. The fourth-order valence-corrected chi connectivity index (χ4v) is 0.920. The molecule has 0 bridgehead atoms. The van der Waals surface area contributed by atoms with E-state index in [1.165, 1.54) is 0 Å². The second-order valence-electron chi connectivity index (χ2n) is 2.70. The lowest BCUT2D eigenvalue weighted by Crippen LogP contribution is -2.35. The fraction of sp³-hybridized carbons (Fsp3) is 0.714. The summed E-state index contributed by atoms with van der Waals surface area (Å²) in [5, 5.41) is 17.7. The van der Waals surface area contributed by atoms with Gasteiger partial charge in [-0.15, -0.1) is 0 Å². The van der Waals surface area contributed by atoms with Crippen LogP contribution in [0.4, 0.5) is 0 Å². The van der Waals surface area contributed by atoms with Crippen LogP contribution in [-0.4, -0.2) is 30.0 Å². The first-order valence-corrected chi connectivity index (χ1v) is 3.31. The molecule has 0 aromatic carbocycles. The largest absolute Gasteiger partial charge is 0.501 e. The Morgan fingerprint density at radius 3 is 2.40 bits per heavy atom. The highest BCUT2D eigenvalue weighted by Crippen LogP contribution is 2.24. The van der Waals surface area contributed by atoms with Crippen LogP contribution in [0.1, 0.15) is 6.42 Å². The SMILES string of the molecule is OCC1(CO)CC=COC1. The number of aliphatic hydroxyl groups excluding tert-OH is 2. The van der Waals surface area contributed by atoms with Crippen LogP contribution >= 0.6 is 0 Å². The molecule has 1 rings (SSSR count). The van der Waals surface area contributed by atoms with Crippen LogP contribution in [-0.2, 0) is 4.74 Å². The van der Waals surface area contributed by atoms with Crippen molar-refractivity contribution in [1.29, 1.82) is 0 Å². The van der Waals surface area contributed by atoms with Gasteiger partial charge in [-0.2, -0.15) is 0 Å². The van der Waals surface area contributed by atoms with Crippen molar-refractivity contribution in [2.45, 2.75) is 6.42 Å². The second kappa shape index (κ2) is 3.03. The predicted octanol–water partition coefficient (Wildman–Crippen LogP) is -0.109. The summed E-state index contributed by atoms with van der Waals surface area (Å²) in [7, 11) is 0. The number of aliphatic hydroxyl groups is 2. The average Bonchev–Trinajstić information content (AvgIpc) is 2.06. The Morgan fingerprint density at radius 2 is 2.10 bits per heavy atom. The Labute approximate surface area is 59.9 Å². The Kier molecular flexibility index (Phi) is 2.29. The summed E-state index contributed by atoms with van der Waals surface area (Å²) in [5.41, 5.74) is -0.436. The molecule has 0 unspecified atom stereocenters. The van der Waals surface area contributed by atoms with Gasteiger partial charge in [0.2, 0.25) is 0 Å². The lowest BCUT2D eigenvalue weighted by atomic mass is 9.86. The van der Waals surface area contributed by atoms with Gasteiger partial charge in [0.15, 0.2) is 0 Å². The Morgan fingerprint density at radius 1 is 1.40 bits per heavy atom. The summed E-state index contributed by atoms with van der Waals surface area (Å²) in [6.45, 7) is 0.373. The molecule has 58 valence electrons. The Bertz CT molecular complexity index is 127. The van der Waals surface area contributed by atoms with E-state index in [9.17, 15) is 0 Å². The zero-order valence-electron chi connectivity index (χ0n) is 5.79. The van der Waals surface area contributed by atoms with Crippen LogP contribution in [0.25, 0.3) is 0 Å². The molecule has 0 saturated carbocycles. The molecule has 2 N–H and O–H groups in total. The number of hydrogen-bond donors (Lipinski definition) is 2. The quantitative estimate of drug-likeness (QED) is 0.568. The fourth-order valence-electron chi connectivity index (χ4n) is 0.920. The third kappa shape index (κ3) is 1.30. The monoisotopic (exact) mass is 144 g/mol. The smallest absolute Gasteiger partial charge is 0.0976 e. The van der Waals surface area contributed by atoms with Crippen LogP contribution in [0, 0.1) is 5.41 Å². The van der Waals surface area contributed by atoms with Crippen molar-refractivity contribution in [1.82, 2.24) is 0 Å². The van der Waals surface area contributed by atoms with Gasteiger partial charge in [-0.3, -0.25) is 0 Å². The maximum absolute atomic E-state index is 8.87. The molecule has 0 amide bonds. The van der Waals surface area contributed by atoms with E-state index in [-0.39, 0.29) is 13.2 Å². The maximum Gasteiger partial charge on any atom is 0.0976 e. The van der Waals surface area contributed by atoms with Gasteiger partial charge in [-0.1, -0.05) is 0 Å². The van der Waals surface area contributed by atoms with Crippen molar-refractivity contribution >= 4 is 0 Å².